The Hall–Kier alpha value is -3.28. The van der Waals surface area contributed by atoms with Gasteiger partial charge in [-0.3, -0.25) is 14.6 Å². The van der Waals surface area contributed by atoms with Gasteiger partial charge < -0.3 is 4.74 Å². The second kappa shape index (κ2) is 6.71. The van der Waals surface area contributed by atoms with Gasteiger partial charge in [0, 0.05) is 12.1 Å². The zero-order valence-electron chi connectivity index (χ0n) is 15.7. The lowest BCUT2D eigenvalue weighted by Crippen LogP contribution is -2.45. The van der Waals surface area contributed by atoms with Gasteiger partial charge in [-0.05, 0) is 24.6 Å². The monoisotopic (exact) mass is 376 g/mol. The van der Waals surface area contributed by atoms with E-state index in [4.69, 9.17) is 4.74 Å². The fourth-order valence-electron chi connectivity index (χ4n) is 4.17. The molecule has 6 heteroatoms. The zero-order chi connectivity index (χ0) is 19.9. The fourth-order valence-corrected chi connectivity index (χ4v) is 4.17. The molecule has 2 aliphatic rings. The van der Waals surface area contributed by atoms with E-state index in [-0.39, 0.29) is 5.91 Å². The Morgan fingerprint density at radius 1 is 1.04 bits per heavy atom. The number of methoxy groups -OCH3 is 1. The number of hydrogen-bond donors (Lipinski definition) is 0. The predicted molar refractivity (Wildman–Crippen MR) is 104 cm³/mol. The zero-order valence-corrected chi connectivity index (χ0v) is 15.7. The fraction of sp³-hybridized carbons (Fsp3) is 0.273. The highest BCUT2D eigenvalue weighted by molar-refractivity contribution is 6.31. The molecule has 0 unspecified atom stereocenters. The Kier molecular flexibility index (Phi) is 4.34. The summed E-state index contributed by atoms with van der Waals surface area (Å²) in [5.41, 5.74) is 0.589. The molecule has 0 aliphatic carbocycles. The summed E-state index contributed by atoms with van der Waals surface area (Å²) in [6.45, 7) is 1.58. The van der Waals surface area contributed by atoms with Crippen molar-refractivity contribution < 1.29 is 19.1 Å². The summed E-state index contributed by atoms with van der Waals surface area (Å²) in [4.78, 5) is 44.8. The van der Waals surface area contributed by atoms with E-state index in [9.17, 15) is 14.4 Å². The van der Waals surface area contributed by atoms with Gasteiger partial charge in [-0.25, -0.2) is 9.69 Å². The predicted octanol–water partition coefficient (Wildman–Crippen LogP) is 2.42. The number of carbonyl (C=O) groups is 3. The molecule has 3 atom stereocenters. The minimum atomic E-state index is -1.42. The standard InChI is InChI=1S/C22H20N2O4/c1-22(21(27)28-2)18-17(16(23-22)13-14-9-5-3-6-10-14)19(25)24(20(18)26)15-11-7-4-8-12-15/h3-12,17-18H,13H2,1-2H3/t17-,18+,22-/m0/s1. The lowest BCUT2D eigenvalue weighted by Gasteiger charge is -2.24. The van der Waals surface area contributed by atoms with Gasteiger partial charge >= 0.3 is 5.97 Å². The van der Waals surface area contributed by atoms with E-state index in [1.165, 1.54) is 12.0 Å². The third kappa shape index (κ3) is 2.64. The molecule has 2 heterocycles. The van der Waals surface area contributed by atoms with Crippen LogP contribution in [0, 0.1) is 11.8 Å². The smallest absolute Gasteiger partial charge is 0.334 e. The molecular weight excluding hydrogens is 356 g/mol. The average molecular weight is 376 g/mol. The first-order valence-electron chi connectivity index (χ1n) is 9.11. The molecule has 0 spiro atoms. The number of amides is 2. The number of aliphatic imine (C=N–C) groups is 1. The summed E-state index contributed by atoms with van der Waals surface area (Å²) < 4.78 is 4.94. The summed E-state index contributed by atoms with van der Waals surface area (Å²) in [7, 11) is 1.27. The maximum atomic E-state index is 13.3. The minimum absolute atomic E-state index is 0.344. The lowest BCUT2D eigenvalue weighted by atomic mass is 9.79. The first-order valence-corrected chi connectivity index (χ1v) is 9.11. The van der Waals surface area contributed by atoms with Crippen molar-refractivity contribution in [3.05, 3.63) is 66.2 Å². The number of fused-ring (bicyclic) bond motifs is 1. The second-order valence-corrected chi connectivity index (χ2v) is 7.21. The maximum absolute atomic E-state index is 13.3. The number of anilines is 1. The summed E-state index contributed by atoms with van der Waals surface area (Å²) in [5.74, 6) is -3.03. The Morgan fingerprint density at radius 3 is 2.25 bits per heavy atom. The van der Waals surface area contributed by atoms with E-state index in [1.807, 2.05) is 36.4 Å². The molecule has 2 aliphatic heterocycles. The van der Waals surface area contributed by atoms with Gasteiger partial charge in [0.05, 0.1) is 24.6 Å². The molecule has 0 N–H and O–H groups in total. The first-order chi connectivity index (χ1) is 13.5. The summed E-state index contributed by atoms with van der Waals surface area (Å²) in [6, 6.07) is 18.3. The summed E-state index contributed by atoms with van der Waals surface area (Å²) in [5, 5.41) is 0. The minimum Gasteiger partial charge on any atom is -0.467 e. The second-order valence-electron chi connectivity index (χ2n) is 7.21. The molecule has 2 aromatic rings. The van der Waals surface area contributed by atoms with E-state index in [2.05, 4.69) is 4.99 Å². The molecule has 0 aromatic heterocycles. The Bertz CT molecular complexity index is 971. The van der Waals surface area contributed by atoms with E-state index >= 15 is 0 Å². The number of hydrogen-bond acceptors (Lipinski definition) is 5. The van der Waals surface area contributed by atoms with Gasteiger partial charge in [-0.2, -0.15) is 0 Å². The Labute approximate surface area is 162 Å². The van der Waals surface area contributed by atoms with Crippen molar-refractivity contribution in [1.82, 2.24) is 0 Å². The van der Waals surface area contributed by atoms with Crippen molar-refractivity contribution in [3.63, 3.8) is 0 Å². The summed E-state index contributed by atoms with van der Waals surface area (Å²) in [6.07, 6.45) is 0.399. The average Bonchev–Trinajstić information content (AvgIpc) is 3.16. The number of imide groups is 1. The van der Waals surface area contributed by atoms with Crippen molar-refractivity contribution >= 4 is 29.2 Å². The van der Waals surface area contributed by atoms with Crippen LogP contribution in [0.25, 0.3) is 0 Å². The maximum Gasteiger partial charge on any atom is 0.334 e. The molecule has 0 radical (unpaired) electrons. The normalized spacial score (nSPS) is 26.2. The molecule has 28 heavy (non-hydrogen) atoms. The van der Waals surface area contributed by atoms with Crippen LogP contribution in [-0.4, -0.2) is 36.1 Å². The van der Waals surface area contributed by atoms with E-state index in [0.29, 0.717) is 17.8 Å². The van der Waals surface area contributed by atoms with E-state index in [0.717, 1.165) is 5.56 Å². The molecule has 0 bridgehead atoms. The quantitative estimate of drug-likeness (QED) is 0.607. The van der Waals surface area contributed by atoms with Crippen molar-refractivity contribution in [2.24, 2.45) is 16.8 Å². The number of esters is 1. The Morgan fingerprint density at radius 2 is 1.64 bits per heavy atom. The van der Waals surface area contributed by atoms with Gasteiger partial charge in [0.2, 0.25) is 11.8 Å². The molecule has 1 saturated heterocycles. The topological polar surface area (TPSA) is 76.0 Å². The van der Waals surface area contributed by atoms with Crippen molar-refractivity contribution in [3.8, 4) is 0 Å². The van der Waals surface area contributed by atoms with Gasteiger partial charge in [-0.15, -0.1) is 0 Å². The van der Waals surface area contributed by atoms with Crippen LogP contribution in [-0.2, 0) is 25.5 Å². The van der Waals surface area contributed by atoms with Crippen molar-refractivity contribution in [1.29, 1.82) is 0 Å². The van der Waals surface area contributed by atoms with Crippen LogP contribution in [0.5, 0.6) is 0 Å². The number of ether oxygens (including phenoxy) is 1. The molecule has 142 valence electrons. The van der Waals surface area contributed by atoms with Crippen LogP contribution in [0.2, 0.25) is 0 Å². The highest BCUT2D eigenvalue weighted by Crippen LogP contribution is 2.45. The van der Waals surface area contributed by atoms with Crippen LogP contribution < -0.4 is 4.90 Å². The van der Waals surface area contributed by atoms with Crippen LogP contribution in [0.4, 0.5) is 5.69 Å². The molecule has 0 saturated carbocycles. The molecule has 2 aromatic carbocycles. The molecule has 1 fully saturated rings. The highest BCUT2D eigenvalue weighted by Gasteiger charge is 2.64. The molecule has 6 nitrogen and oxygen atoms in total. The first kappa shape index (κ1) is 18.1. The number of nitrogens with zero attached hydrogens (tertiary/aromatic N) is 2. The SMILES string of the molecule is COC(=O)[C@@]1(C)N=C(Cc2ccccc2)[C@@H]2C(=O)N(c3ccccc3)C(=O)[C@@H]21. The molecule has 4 rings (SSSR count). The number of para-hydroxylation sites is 1. The van der Waals surface area contributed by atoms with Crippen molar-refractivity contribution in [2.45, 2.75) is 18.9 Å². The van der Waals surface area contributed by atoms with Crippen LogP contribution >= 0.6 is 0 Å². The third-order valence-corrected chi connectivity index (χ3v) is 5.49. The van der Waals surface area contributed by atoms with Crippen LogP contribution in [0.1, 0.15) is 12.5 Å². The van der Waals surface area contributed by atoms with E-state index < -0.39 is 29.3 Å². The van der Waals surface area contributed by atoms with Crippen molar-refractivity contribution in [2.75, 3.05) is 12.0 Å². The van der Waals surface area contributed by atoms with Gasteiger partial charge in [0.25, 0.3) is 0 Å². The largest absolute Gasteiger partial charge is 0.467 e. The van der Waals surface area contributed by atoms with Crippen LogP contribution in [0.3, 0.4) is 0 Å². The molecular formula is C22H20N2O4. The van der Waals surface area contributed by atoms with Gasteiger partial charge in [-0.1, -0.05) is 48.5 Å². The summed E-state index contributed by atoms with van der Waals surface area (Å²) >= 11 is 0. The van der Waals surface area contributed by atoms with Gasteiger partial charge in [0.15, 0.2) is 5.54 Å². The number of rotatable bonds is 4. The van der Waals surface area contributed by atoms with Gasteiger partial charge in [0.1, 0.15) is 0 Å². The number of benzene rings is 2. The van der Waals surface area contributed by atoms with E-state index in [1.54, 1.807) is 31.2 Å². The third-order valence-electron chi connectivity index (χ3n) is 5.49. The number of carbonyl (C=O) groups excluding carboxylic acids is 3. The lowest BCUT2D eigenvalue weighted by molar-refractivity contribution is -0.150. The highest BCUT2D eigenvalue weighted by atomic mass is 16.5. The van der Waals surface area contributed by atoms with Crippen LogP contribution in [0.15, 0.2) is 65.7 Å². The molecule has 2 amide bonds. The Balaban J connectivity index is 1.79.